The molecule has 0 atom stereocenters. The maximum Gasteiger partial charge on any atom is 0.339 e. The predicted octanol–water partition coefficient (Wildman–Crippen LogP) is 4.72. The van der Waals surface area contributed by atoms with Crippen molar-refractivity contribution < 1.29 is 9.53 Å². The first-order valence-electron chi connectivity index (χ1n) is 8.10. The highest BCUT2D eigenvalue weighted by Gasteiger charge is 2.05. The molecule has 0 fully saturated rings. The molecule has 0 bridgehead atoms. The van der Waals surface area contributed by atoms with Crippen LogP contribution >= 0.6 is 11.8 Å². The average Bonchev–Trinajstić information content (AvgIpc) is 2.61. The summed E-state index contributed by atoms with van der Waals surface area (Å²) in [5.74, 6) is 6.70. The van der Waals surface area contributed by atoms with E-state index in [1.54, 1.807) is 30.8 Å². The van der Waals surface area contributed by atoms with Gasteiger partial charge in [-0.2, -0.15) is 0 Å². The number of hydrogen-bond donors (Lipinski definition) is 0. The third-order valence-corrected chi connectivity index (χ3v) is 4.14. The SMILES string of the molecule is CCOC(=O)c1ccc(C#Cc2ccc(SCC=C(C)C)cc2)nc1. The number of aromatic nitrogens is 1. The standard InChI is InChI=1S/C21H21NO2S/c1-4-24-21(23)18-8-10-19(22-15-18)9-5-17-6-11-20(12-7-17)25-14-13-16(2)3/h6-8,10-13,15H,4,14H2,1-3H3. The molecular formula is C21H21NO2S. The molecule has 128 valence electrons. The highest BCUT2D eigenvalue weighted by Crippen LogP contribution is 2.18. The second-order valence-electron chi connectivity index (χ2n) is 5.52. The van der Waals surface area contributed by atoms with Gasteiger partial charge >= 0.3 is 5.97 Å². The summed E-state index contributed by atoms with van der Waals surface area (Å²) < 4.78 is 4.93. The van der Waals surface area contributed by atoms with E-state index in [0.717, 1.165) is 11.3 Å². The van der Waals surface area contributed by atoms with Crippen molar-refractivity contribution in [3.63, 3.8) is 0 Å². The zero-order valence-corrected chi connectivity index (χ0v) is 15.5. The lowest BCUT2D eigenvalue weighted by atomic mass is 10.2. The van der Waals surface area contributed by atoms with Crippen LogP contribution in [0, 0.1) is 11.8 Å². The van der Waals surface area contributed by atoms with Gasteiger partial charge in [0.05, 0.1) is 12.2 Å². The van der Waals surface area contributed by atoms with E-state index in [1.807, 2.05) is 12.1 Å². The normalized spacial score (nSPS) is 9.72. The summed E-state index contributed by atoms with van der Waals surface area (Å²) in [5, 5.41) is 0. The number of ether oxygens (including phenoxy) is 1. The predicted molar refractivity (Wildman–Crippen MR) is 103 cm³/mol. The summed E-state index contributed by atoms with van der Waals surface area (Å²) in [6, 6.07) is 11.6. The van der Waals surface area contributed by atoms with Gasteiger partial charge in [0, 0.05) is 22.4 Å². The Kier molecular flexibility index (Phi) is 7.31. The highest BCUT2D eigenvalue weighted by molar-refractivity contribution is 7.99. The van der Waals surface area contributed by atoms with E-state index in [2.05, 4.69) is 48.9 Å². The molecule has 1 aromatic heterocycles. The number of rotatable bonds is 5. The smallest absolute Gasteiger partial charge is 0.339 e. The fourth-order valence-electron chi connectivity index (χ4n) is 1.88. The molecule has 0 aliphatic heterocycles. The second kappa shape index (κ2) is 9.71. The molecule has 0 saturated carbocycles. The molecule has 0 N–H and O–H groups in total. The zero-order valence-electron chi connectivity index (χ0n) is 14.7. The molecule has 1 aromatic carbocycles. The number of pyridine rings is 1. The topological polar surface area (TPSA) is 39.2 Å². The molecule has 0 unspecified atom stereocenters. The Hall–Kier alpha value is -2.51. The van der Waals surface area contributed by atoms with E-state index in [4.69, 9.17) is 4.74 Å². The van der Waals surface area contributed by atoms with Crippen molar-refractivity contribution in [1.29, 1.82) is 0 Å². The number of allylic oxidation sites excluding steroid dienone is 1. The van der Waals surface area contributed by atoms with E-state index in [9.17, 15) is 4.79 Å². The Labute approximate surface area is 153 Å². The van der Waals surface area contributed by atoms with Crippen LogP contribution < -0.4 is 0 Å². The quantitative estimate of drug-likeness (QED) is 0.338. The lowest BCUT2D eigenvalue weighted by molar-refractivity contribution is 0.0526. The van der Waals surface area contributed by atoms with Gasteiger partial charge in [-0.1, -0.05) is 17.6 Å². The summed E-state index contributed by atoms with van der Waals surface area (Å²) in [6.07, 6.45) is 3.70. The Bertz CT molecular complexity index is 793. The number of hydrogen-bond acceptors (Lipinski definition) is 4. The molecule has 1 heterocycles. The van der Waals surface area contributed by atoms with Crippen LogP contribution in [-0.2, 0) is 4.74 Å². The van der Waals surface area contributed by atoms with Crippen molar-refractivity contribution in [2.24, 2.45) is 0 Å². The molecule has 0 saturated heterocycles. The van der Waals surface area contributed by atoms with E-state index in [-0.39, 0.29) is 5.97 Å². The third-order valence-electron chi connectivity index (χ3n) is 3.21. The zero-order chi connectivity index (χ0) is 18.1. The van der Waals surface area contributed by atoms with Crippen molar-refractivity contribution in [3.05, 3.63) is 71.1 Å². The first-order chi connectivity index (χ1) is 12.1. The minimum absolute atomic E-state index is 0.350. The Morgan fingerprint density at radius 3 is 2.52 bits per heavy atom. The number of carbonyl (C=O) groups excluding carboxylic acids is 1. The summed E-state index contributed by atoms with van der Waals surface area (Å²) in [4.78, 5) is 17.0. The van der Waals surface area contributed by atoms with Crippen molar-refractivity contribution in [3.8, 4) is 11.8 Å². The van der Waals surface area contributed by atoms with Crippen LogP contribution in [0.5, 0.6) is 0 Å². The number of nitrogens with zero attached hydrogens (tertiary/aromatic N) is 1. The number of thioether (sulfide) groups is 1. The Morgan fingerprint density at radius 1 is 1.16 bits per heavy atom. The molecule has 0 radical (unpaired) electrons. The van der Waals surface area contributed by atoms with Crippen LogP contribution in [0.4, 0.5) is 0 Å². The first kappa shape index (κ1) is 18.8. The fraction of sp³-hybridized carbons (Fsp3) is 0.238. The molecule has 2 rings (SSSR count). The van der Waals surface area contributed by atoms with E-state index in [1.165, 1.54) is 16.7 Å². The molecule has 2 aromatic rings. The minimum Gasteiger partial charge on any atom is -0.462 e. The molecule has 4 heteroatoms. The monoisotopic (exact) mass is 351 g/mol. The number of carbonyl (C=O) groups is 1. The molecule has 0 aliphatic carbocycles. The maximum absolute atomic E-state index is 11.6. The van der Waals surface area contributed by atoms with Gasteiger partial charge in [-0.05, 0) is 63.1 Å². The van der Waals surface area contributed by atoms with Crippen LogP contribution in [0.15, 0.2) is 59.1 Å². The summed E-state index contributed by atoms with van der Waals surface area (Å²) in [5.41, 5.74) is 3.32. The average molecular weight is 351 g/mol. The van der Waals surface area contributed by atoms with Crippen LogP contribution in [-0.4, -0.2) is 23.3 Å². The van der Waals surface area contributed by atoms with Crippen LogP contribution in [0.25, 0.3) is 0 Å². The van der Waals surface area contributed by atoms with Gasteiger partial charge in [-0.15, -0.1) is 11.8 Å². The molecule has 0 amide bonds. The van der Waals surface area contributed by atoms with Gasteiger partial charge in [0.25, 0.3) is 0 Å². The van der Waals surface area contributed by atoms with Gasteiger partial charge in [0.15, 0.2) is 0 Å². The molecule has 0 spiro atoms. The van der Waals surface area contributed by atoms with Crippen LogP contribution in [0.3, 0.4) is 0 Å². The first-order valence-corrected chi connectivity index (χ1v) is 9.08. The summed E-state index contributed by atoms with van der Waals surface area (Å²) >= 11 is 1.80. The van der Waals surface area contributed by atoms with Crippen molar-refractivity contribution in [2.45, 2.75) is 25.7 Å². The lowest BCUT2D eigenvalue weighted by Gasteiger charge is -2.00. The van der Waals surface area contributed by atoms with Gasteiger partial charge in [-0.25, -0.2) is 9.78 Å². The van der Waals surface area contributed by atoms with Crippen molar-refractivity contribution in [2.75, 3.05) is 12.4 Å². The van der Waals surface area contributed by atoms with E-state index in [0.29, 0.717) is 17.9 Å². The van der Waals surface area contributed by atoms with Gasteiger partial charge in [0.2, 0.25) is 0 Å². The largest absolute Gasteiger partial charge is 0.462 e. The lowest BCUT2D eigenvalue weighted by Crippen LogP contribution is -2.05. The molecule has 3 nitrogen and oxygen atoms in total. The van der Waals surface area contributed by atoms with Gasteiger partial charge in [-0.3, -0.25) is 0 Å². The highest BCUT2D eigenvalue weighted by atomic mass is 32.2. The summed E-state index contributed by atoms with van der Waals surface area (Å²) in [6.45, 7) is 6.33. The number of benzene rings is 1. The Balaban J connectivity index is 1.98. The molecule has 25 heavy (non-hydrogen) atoms. The summed E-state index contributed by atoms with van der Waals surface area (Å²) in [7, 11) is 0. The molecule has 0 aliphatic rings. The second-order valence-corrected chi connectivity index (χ2v) is 6.61. The van der Waals surface area contributed by atoms with Crippen LogP contribution in [0.1, 0.15) is 42.4 Å². The van der Waals surface area contributed by atoms with Crippen molar-refractivity contribution >= 4 is 17.7 Å². The molecular weight excluding hydrogens is 330 g/mol. The fourth-order valence-corrected chi connectivity index (χ4v) is 2.82. The number of esters is 1. The maximum atomic E-state index is 11.6. The minimum atomic E-state index is -0.365. The van der Waals surface area contributed by atoms with E-state index >= 15 is 0 Å². The van der Waals surface area contributed by atoms with E-state index < -0.39 is 0 Å². The van der Waals surface area contributed by atoms with Gasteiger partial charge < -0.3 is 4.74 Å². The van der Waals surface area contributed by atoms with Crippen molar-refractivity contribution in [1.82, 2.24) is 4.98 Å². The Morgan fingerprint density at radius 2 is 1.92 bits per heavy atom. The van der Waals surface area contributed by atoms with Crippen LogP contribution in [0.2, 0.25) is 0 Å². The van der Waals surface area contributed by atoms with Gasteiger partial charge in [0.1, 0.15) is 5.69 Å². The third kappa shape index (κ3) is 6.48.